The van der Waals surface area contributed by atoms with Gasteiger partial charge in [0.05, 0.1) is 11.6 Å². The Kier molecular flexibility index (Phi) is 7.45. The van der Waals surface area contributed by atoms with Crippen molar-refractivity contribution in [2.24, 2.45) is 23.7 Å². The molecule has 1 spiro atoms. The molecular weight excluding hydrogens is 705 g/mol. The zero-order valence-electron chi connectivity index (χ0n) is 32.1. The van der Waals surface area contributed by atoms with Crippen LogP contribution in [0.4, 0.5) is 0 Å². The summed E-state index contributed by atoms with van der Waals surface area (Å²) in [5.41, 5.74) is 14.1. The van der Waals surface area contributed by atoms with Crippen molar-refractivity contribution in [1.29, 1.82) is 5.26 Å². The quantitative estimate of drug-likeness (QED) is 0.176. The van der Waals surface area contributed by atoms with E-state index in [-0.39, 0.29) is 5.41 Å². The van der Waals surface area contributed by atoms with Gasteiger partial charge in [0.2, 0.25) is 0 Å². The molecule has 13 rings (SSSR count). The smallest absolute Gasteiger partial charge is 0.164 e. The van der Waals surface area contributed by atoms with Gasteiger partial charge in [-0.05, 0) is 129 Å². The standard InChI is InChI=1S/C54H40N4/c55-32-33-9-8-12-41(26-33)52-56-51(39-10-2-1-3-11-39)57-53(58-52)45-14-5-4-13-44(45)37-19-17-36(18-20-37)40-22-21-38-23-24-49-50(47(38)31-40)46-15-6-7-16-48(46)54(49)42-27-34-25-35(29-42)30-43(54)28-34/h1-24,26,31,34-35,42-43H,25,27-30H2. The lowest BCUT2D eigenvalue weighted by molar-refractivity contribution is -0.0399. The molecule has 4 saturated carbocycles. The van der Waals surface area contributed by atoms with Crippen molar-refractivity contribution in [3.8, 4) is 73.6 Å². The van der Waals surface area contributed by atoms with Crippen LogP contribution < -0.4 is 0 Å². The van der Waals surface area contributed by atoms with Gasteiger partial charge >= 0.3 is 0 Å². The average Bonchev–Trinajstić information content (AvgIpc) is 3.59. The first-order chi connectivity index (χ1) is 28.6. The molecule has 7 aromatic carbocycles. The molecule has 4 nitrogen and oxygen atoms in total. The number of hydrogen-bond donors (Lipinski definition) is 0. The van der Waals surface area contributed by atoms with Crippen molar-refractivity contribution in [1.82, 2.24) is 15.0 Å². The summed E-state index contributed by atoms with van der Waals surface area (Å²) in [6, 6.07) is 58.4. The Morgan fingerprint density at radius 1 is 0.448 bits per heavy atom. The molecule has 4 heteroatoms. The van der Waals surface area contributed by atoms with E-state index in [0.29, 0.717) is 23.0 Å². The van der Waals surface area contributed by atoms with Crippen molar-refractivity contribution >= 4 is 10.8 Å². The number of rotatable bonds is 5. The summed E-state index contributed by atoms with van der Waals surface area (Å²) in [5.74, 6) is 5.09. The molecule has 0 N–H and O–H groups in total. The van der Waals surface area contributed by atoms with E-state index in [1.54, 1.807) is 17.2 Å². The SMILES string of the molecule is N#Cc1cccc(-c2nc(-c3ccccc3)nc(-c3ccccc3-c3ccc(-c4ccc5ccc6c(c5c4)-c4ccccc4C64C5CC6CC(C5)CC4C6)cc3)n2)c1. The molecule has 0 amide bonds. The number of benzene rings is 7. The van der Waals surface area contributed by atoms with Gasteiger partial charge in [0.25, 0.3) is 0 Å². The summed E-state index contributed by atoms with van der Waals surface area (Å²) in [5, 5.41) is 12.3. The molecule has 0 aliphatic heterocycles. The Morgan fingerprint density at radius 3 is 1.81 bits per heavy atom. The molecule has 5 aliphatic rings. The van der Waals surface area contributed by atoms with E-state index in [1.165, 1.54) is 65.1 Å². The zero-order chi connectivity index (χ0) is 38.4. The van der Waals surface area contributed by atoms with Crippen molar-refractivity contribution in [3.05, 3.63) is 174 Å². The topological polar surface area (TPSA) is 62.5 Å². The highest BCUT2D eigenvalue weighted by molar-refractivity contribution is 6.04. The molecule has 0 atom stereocenters. The van der Waals surface area contributed by atoms with E-state index in [1.807, 2.05) is 54.6 Å². The fourth-order valence-corrected chi connectivity index (χ4v) is 12.0. The van der Waals surface area contributed by atoms with Crippen LogP contribution in [0.1, 0.15) is 48.8 Å². The van der Waals surface area contributed by atoms with Gasteiger partial charge in [-0.1, -0.05) is 140 Å². The second kappa shape index (κ2) is 12.9. The van der Waals surface area contributed by atoms with E-state index >= 15 is 0 Å². The van der Waals surface area contributed by atoms with E-state index in [9.17, 15) is 5.26 Å². The van der Waals surface area contributed by atoms with Crippen molar-refractivity contribution in [2.75, 3.05) is 0 Å². The van der Waals surface area contributed by atoms with E-state index < -0.39 is 0 Å². The Bertz CT molecular complexity index is 2950. The lowest BCUT2D eigenvalue weighted by Crippen LogP contribution is -2.55. The summed E-state index contributed by atoms with van der Waals surface area (Å²) >= 11 is 0. The summed E-state index contributed by atoms with van der Waals surface area (Å²) in [6.07, 6.45) is 7.05. The minimum absolute atomic E-state index is 0.167. The van der Waals surface area contributed by atoms with Crippen LogP contribution in [0.25, 0.3) is 78.3 Å². The minimum atomic E-state index is 0.167. The van der Waals surface area contributed by atoms with Crippen LogP contribution in [-0.4, -0.2) is 15.0 Å². The maximum atomic E-state index is 9.63. The fraction of sp³-hybridized carbons (Fsp3) is 0.185. The first-order valence-electron chi connectivity index (χ1n) is 20.8. The third-order valence-electron chi connectivity index (χ3n) is 14.1. The molecule has 58 heavy (non-hydrogen) atoms. The second-order valence-corrected chi connectivity index (χ2v) is 17.1. The van der Waals surface area contributed by atoms with Crippen LogP contribution in [0.15, 0.2) is 158 Å². The number of aromatic nitrogens is 3. The average molecular weight is 745 g/mol. The molecule has 1 aromatic heterocycles. The van der Waals surface area contributed by atoms with Crippen LogP contribution in [0.3, 0.4) is 0 Å². The van der Waals surface area contributed by atoms with Crippen molar-refractivity contribution in [2.45, 2.75) is 37.5 Å². The second-order valence-electron chi connectivity index (χ2n) is 17.1. The van der Waals surface area contributed by atoms with Gasteiger partial charge < -0.3 is 0 Å². The summed E-state index contributed by atoms with van der Waals surface area (Å²) in [6.45, 7) is 0. The summed E-state index contributed by atoms with van der Waals surface area (Å²) < 4.78 is 0. The molecule has 0 unspecified atom stereocenters. The zero-order valence-corrected chi connectivity index (χ0v) is 32.1. The Morgan fingerprint density at radius 2 is 1.05 bits per heavy atom. The van der Waals surface area contributed by atoms with E-state index in [2.05, 4.69) is 103 Å². The van der Waals surface area contributed by atoms with Gasteiger partial charge in [-0.15, -0.1) is 0 Å². The predicted octanol–water partition coefficient (Wildman–Crippen LogP) is 13.0. The van der Waals surface area contributed by atoms with Crippen molar-refractivity contribution in [3.63, 3.8) is 0 Å². The maximum absolute atomic E-state index is 9.63. The van der Waals surface area contributed by atoms with Gasteiger partial charge in [0.1, 0.15) is 0 Å². The molecule has 0 radical (unpaired) electrons. The molecule has 4 fully saturated rings. The Labute approximate surface area is 338 Å². The predicted molar refractivity (Wildman–Crippen MR) is 232 cm³/mol. The normalized spacial score (nSPS) is 22.2. The monoisotopic (exact) mass is 744 g/mol. The van der Waals surface area contributed by atoms with Gasteiger partial charge in [-0.3, -0.25) is 0 Å². The number of nitrogens with zero attached hydrogens (tertiary/aromatic N) is 4. The highest BCUT2D eigenvalue weighted by Crippen LogP contribution is 2.69. The summed E-state index contributed by atoms with van der Waals surface area (Å²) in [7, 11) is 0. The van der Waals surface area contributed by atoms with Crippen LogP contribution >= 0.6 is 0 Å². The number of nitriles is 1. The lowest BCUT2D eigenvalue weighted by atomic mass is 9.43. The third-order valence-corrected chi connectivity index (χ3v) is 14.1. The first-order valence-corrected chi connectivity index (χ1v) is 20.8. The number of fused-ring (bicyclic) bond motifs is 5. The van der Waals surface area contributed by atoms with Crippen molar-refractivity contribution < 1.29 is 0 Å². The third kappa shape index (κ3) is 5.02. The van der Waals surface area contributed by atoms with Gasteiger partial charge in [-0.2, -0.15) is 5.26 Å². The molecular formula is C54H40N4. The van der Waals surface area contributed by atoms with Crippen LogP contribution in [0.2, 0.25) is 0 Å². The lowest BCUT2D eigenvalue weighted by Gasteiger charge is -2.61. The van der Waals surface area contributed by atoms with E-state index in [0.717, 1.165) is 51.5 Å². The highest BCUT2D eigenvalue weighted by Gasteiger charge is 2.61. The Hall–Kier alpha value is -6.70. The largest absolute Gasteiger partial charge is 0.208 e. The number of hydrogen-bond acceptors (Lipinski definition) is 4. The molecule has 1 heterocycles. The van der Waals surface area contributed by atoms with Gasteiger partial charge in [-0.25, -0.2) is 15.0 Å². The van der Waals surface area contributed by atoms with Crippen LogP contribution in [0.5, 0.6) is 0 Å². The molecule has 5 aliphatic carbocycles. The Balaban J connectivity index is 0.941. The van der Waals surface area contributed by atoms with Crippen LogP contribution in [0, 0.1) is 35.0 Å². The first kappa shape index (κ1) is 33.4. The van der Waals surface area contributed by atoms with E-state index in [4.69, 9.17) is 15.0 Å². The van der Waals surface area contributed by atoms with Crippen LogP contribution in [-0.2, 0) is 5.41 Å². The molecule has 0 saturated heterocycles. The molecule has 4 bridgehead atoms. The fourth-order valence-electron chi connectivity index (χ4n) is 12.0. The highest BCUT2D eigenvalue weighted by atomic mass is 15.0. The molecule has 8 aromatic rings. The summed E-state index contributed by atoms with van der Waals surface area (Å²) in [4.78, 5) is 14.9. The molecule has 276 valence electrons. The van der Waals surface area contributed by atoms with Gasteiger partial charge in [0, 0.05) is 22.1 Å². The maximum Gasteiger partial charge on any atom is 0.164 e. The minimum Gasteiger partial charge on any atom is -0.208 e. The van der Waals surface area contributed by atoms with Gasteiger partial charge in [0.15, 0.2) is 17.5 Å².